The minimum Gasteiger partial charge on any atom is -0.497 e. The van der Waals surface area contributed by atoms with E-state index >= 15 is 0 Å². The number of hydrogen-bond acceptors (Lipinski definition) is 4. The Labute approximate surface area is 171 Å². The summed E-state index contributed by atoms with van der Waals surface area (Å²) in [5.41, 5.74) is 2.37. The summed E-state index contributed by atoms with van der Waals surface area (Å²) < 4.78 is 7.02. The number of anilines is 1. The SMILES string of the molecule is COc1cccc(-n2cc(C(=O)O)c3c2[C@@H](c2ccc(C(=O)O)cc2)CC(=O)N3)c1. The number of nitrogens with one attached hydrogen (secondary N) is 1. The number of ether oxygens (including phenoxy) is 1. The standard InChI is InChI=1S/C22H18N2O6/c1-30-15-4-2-3-14(9-15)24-11-17(22(28)29)19-20(24)16(10-18(25)23-19)12-5-7-13(8-6-12)21(26)27/h2-9,11,16H,10H2,1H3,(H,23,25)(H,26,27)(H,28,29)/t16-/m1/s1. The maximum absolute atomic E-state index is 12.4. The number of rotatable bonds is 5. The lowest BCUT2D eigenvalue weighted by Gasteiger charge is -2.26. The van der Waals surface area contributed by atoms with Crippen molar-refractivity contribution in [1.82, 2.24) is 4.57 Å². The lowest BCUT2D eigenvalue weighted by Crippen LogP contribution is -2.25. The highest BCUT2D eigenvalue weighted by Gasteiger charge is 2.34. The number of carboxylic acids is 2. The van der Waals surface area contributed by atoms with Gasteiger partial charge < -0.3 is 24.8 Å². The molecule has 0 saturated heterocycles. The Kier molecular flexibility index (Phi) is 4.75. The van der Waals surface area contributed by atoms with Crippen LogP contribution < -0.4 is 10.1 Å². The van der Waals surface area contributed by atoms with Gasteiger partial charge in [-0.05, 0) is 29.8 Å². The van der Waals surface area contributed by atoms with Crippen molar-refractivity contribution in [2.45, 2.75) is 12.3 Å². The molecule has 1 amide bonds. The summed E-state index contributed by atoms with van der Waals surface area (Å²) in [6.07, 6.45) is 1.58. The molecule has 3 aromatic rings. The van der Waals surface area contributed by atoms with Crippen molar-refractivity contribution in [2.24, 2.45) is 0 Å². The number of aromatic nitrogens is 1. The quantitative estimate of drug-likeness (QED) is 0.598. The van der Waals surface area contributed by atoms with Crippen LogP contribution in [0.25, 0.3) is 5.69 Å². The second-order valence-corrected chi connectivity index (χ2v) is 6.91. The monoisotopic (exact) mass is 406 g/mol. The van der Waals surface area contributed by atoms with Crippen LogP contribution in [0.3, 0.4) is 0 Å². The van der Waals surface area contributed by atoms with Gasteiger partial charge in [0.15, 0.2) is 0 Å². The molecule has 4 rings (SSSR count). The minimum absolute atomic E-state index is 0.0203. The van der Waals surface area contributed by atoms with E-state index in [1.807, 2.05) is 6.07 Å². The molecular formula is C22H18N2O6. The first-order valence-corrected chi connectivity index (χ1v) is 9.15. The molecule has 0 saturated carbocycles. The molecule has 0 unspecified atom stereocenters. The molecule has 1 atom stereocenters. The Morgan fingerprint density at radius 1 is 1.10 bits per heavy atom. The normalized spacial score (nSPS) is 15.2. The fourth-order valence-electron chi connectivity index (χ4n) is 3.74. The van der Waals surface area contributed by atoms with E-state index in [-0.39, 0.29) is 29.1 Å². The molecule has 3 N–H and O–H groups in total. The number of fused-ring (bicyclic) bond motifs is 1. The van der Waals surface area contributed by atoms with Crippen molar-refractivity contribution < 1.29 is 29.3 Å². The van der Waals surface area contributed by atoms with Crippen LogP contribution in [0.4, 0.5) is 5.69 Å². The van der Waals surface area contributed by atoms with Gasteiger partial charge in [0.1, 0.15) is 11.3 Å². The molecule has 1 aliphatic rings. The lowest BCUT2D eigenvalue weighted by molar-refractivity contribution is -0.116. The number of aromatic carboxylic acids is 2. The number of benzene rings is 2. The van der Waals surface area contributed by atoms with Gasteiger partial charge in [-0.25, -0.2) is 9.59 Å². The topological polar surface area (TPSA) is 118 Å². The van der Waals surface area contributed by atoms with E-state index in [9.17, 15) is 19.5 Å². The van der Waals surface area contributed by atoms with Gasteiger partial charge in [0, 0.05) is 30.3 Å². The molecule has 8 heteroatoms. The summed E-state index contributed by atoms with van der Waals surface area (Å²) in [4.78, 5) is 35.4. The van der Waals surface area contributed by atoms with E-state index in [1.165, 1.54) is 18.3 Å². The molecule has 0 spiro atoms. The van der Waals surface area contributed by atoms with Crippen LogP contribution in [0.2, 0.25) is 0 Å². The van der Waals surface area contributed by atoms with E-state index in [2.05, 4.69) is 5.32 Å². The third-order valence-electron chi connectivity index (χ3n) is 5.15. The average Bonchev–Trinajstić information content (AvgIpc) is 3.13. The van der Waals surface area contributed by atoms with Crippen molar-refractivity contribution in [3.63, 3.8) is 0 Å². The number of amides is 1. The first-order chi connectivity index (χ1) is 14.4. The Morgan fingerprint density at radius 3 is 2.47 bits per heavy atom. The third kappa shape index (κ3) is 3.28. The summed E-state index contributed by atoms with van der Waals surface area (Å²) in [5, 5.41) is 21.5. The van der Waals surface area contributed by atoms with Crippen molar-refractivity contribution in [3.8, 4) is 11.4 Å². The zero-order valence-electron chi connectivity index (χ0n) is 16.0. The summed E-state index contributed by atoms with van der Waals surface area (Å²) >= 11 is 0. The fourth-order valence-corrected chi connectivity index (χ4v) is 3.74. The first-order valence-electron chi connectivity index (χ1n) is 9.15. The van der Waals surface area contributed by atoms with Crippen molar-refractivity contribution in [3.05, 3.63) is 77.1 Å². The van der Waals surface area contributed by atoms with E-state index in [0.29, 0.717) is 17.1 Å². The second kappa shape index (κ2) is 7.40. The van der Waals surface area contributed by atoms with Crippen LogP contribution >= 0.6 is 0 Å². The van der Waals surface area contributed by atoms with Gasteiger partial charge >= 0.3 is 11.9 Å². The molecule has 0 aliphatic carbocycles. The largest absolute Gasteiger partial charge is 0.497 e. The molecule has 2 aromatic carbocycles. The van der Waals surface area contributed by atoms with Gasteiger partial charge in [-0.2, -0.15) is 0 Å². The van der Waals surface area contributed by atoms with Crippen molar-refractivity contribution in [1.29, 1.82) is 0 Å². The number of hydrogen-bond donors (Lipinski definition) is 3. The van der Waals surface area contributed by atoms with Gasteiger partial charge in [-0.15, -0.1) is 0 Å². The average molecular weight is 406 g/mol. The number of methoxy groups -OCH3 is 1. The van der Waals surface area contributed by atoms with Gasteiger partial charge in [0.05, 0.1) is 24.1 Å². The summed E-state index contributed by atoms with van der Waals surface area (Å²) in [7, 11) is 1.54. The number of nitrogens with zero attached hydrogens (tertiary/aromatic N) is 1. The maximum Gasteiger partial charge on any atom is 0.339 e. The van der Waals surface area contributed by atoms with Crippen molar-refractivity contribution >= 4 is 23.5 Å². The van der Waals surface area contributed by atoms with E-state index in [4.69, 9.17) is 9.84 Å². The second-order valence-electron chi connectivity index (χ2n) is 6.91. The minimum atomic E-state index is -1.16. The predicted molar refractivity (Wildman–Crippen MR) is 108 cm³/mol. The van der Waals surface area contributed by atoms with Crippen LogP contribution in [0.1, 0.15) is 44.3 Å². The van der Waals surface area contributed by atoms with Crippen LogP contribution in [-0.4, -0.2) is 39.7 Å². The molecule has 0 radical (unpaired) electrons. The summed E-state index contributed by atoms with van der Waals surface area (Å²) in [6.45, 7) is 0. The lowest BCUT2D eigenvalue weighted by atomic mass is 9.87. The summed E-state index contributed by atoms with van der Waals surface area (Å²) in [5.74, 6) is -2.35. The Bertz CT molecular complexity index is 1160. The van der Waals surface area contributed by atoms with Gasteiger partial charge in [0.25, 0.3) is 0 Å². The molecule has 30 heavy (non-hydrogen) atoms. The molecule has 1 aliphatic heterocycles. The fraction of sp³-hybridized carbons (Fsp3) is 0.136. The highest BCUT2D eigenvalue weighted by Crippen LogP contribution is 2.42. The van der Waals surface area contributed by atoms with Gasteiger partial charge in [-0.3, -0.25) is 4.79 Å². The molecule has 0 bridgehead atoms. The van der Waals surface area contributed by atoms with Crippen LogP contribution in [0, 0.1) is 0 Å². The number of carboxylic acid groups (broad SMARTS) is 2. The number of carbonyl (C=O) groups excluding carboxylic acids is 1. The molecular weight excluding hydrogens is 388 g/mol. The van der Waals surface area contributed by atoms with Gasteiger partial charge in [-0.1, -0.05) is 18.2 Å². The van der Waals surface area contributed by atoms with Crippen LogP contribution in [-0.2, 0) is 4.79 Å². The summed E-state index contributed by atoms with van der Waals surface area (Å²) in [6, 6.07) is 13.4. The van der Waals surface area contributed by atoms with E-state index < -0.39 is 17.9 Å². The smallest absolute Gasteiger partial charge is 0.339 e. The maximum atomic E-state index is 12.4. The molecule has 2 heterocycles. The van der Waals surface area contributed by atoms with Crippen LogP contribution in [0.15, 0.2) is 54.7 Å². The first kappa shape index (κ1) is 19.3. The Balaban J connectivity index is 1.92. The van der Waals surface area contributed by atoms with Crippen molar-refractivity contribution in [2.75, 3.05) is 12.4 Å². The molecule has 1 aromatic heterocycles. The Hall–Kier alpha value is -4.07. The van der Waals surface area contributed by atoms with E-state index in [1.54, 1.807) is 42.0 Å². The predicted octanol–water partition coefficient (Wildman–Crippen LogP) is 3.36. The van der Waals surface area contributed by atoms with Crippen LogP contribution in [0.5, 0.6) is 5.75 Å². The van der Waals surface area contributed by atoms with Gasteiger partial charge in [0.2, 0.25) is 5.91 Å². The highest BCUT2D eigenvalue weighted by atomic mass is 16.5. The Morgan fingerprint density at radius 2 is 1.83 bits per heavy atom. The number of carbonyl (C=O) groups is 3. The molecule has 8 nitrogen and oxygen atoms in total. The third-order valence-corrected chi connectivity index (χ3v) is 5.15. The van der Waals surface area contributed by atoms with E-state index in [0.717, 1.165) is 5.56 Å². The molecule has 152 valence electrons. The zero-order valence-corrected chi connectivity index (χ0v) is 16.0. The zero-order chi connectivity index (χ0) is 21.4. The highest BCUT2D eigenvalue weighted by molar-refractivity contribution is 6.04. The molecule has 0 fully saturated rings.